The van der Waals surface area contributed by atoms with Crippen LogP contribution >= 0.6 is 23.2 Å². The van der Waals surface area contributed by atoms with Crippen molar-refractivity contribution in [3.8, 4) is 5.75 Å². The van der Waals surface area contributed by atoms with Gasteiger partial charge >= 0.3 is 6.18 Å². The van der Waals surface area contributed by atoms with Crippen molar-refractivity contribution >= 4 is 29.1 Å². The Kier molecular flexibility index (Phi) is 6.12. The highest BCUT2D eigenvalue weighted by atomic mass is 35.5. The van der Waals surface area contributed by atoms with Crippen LogP contribution in [0.25, 0.3) is 0 Å². The monoisotopic (exact) mass is 345 g/mol. The number of alkyl halides is 3. The first-order chi connectivity index (χ1) is 9.61. The fraction of sp³-hybridized carbons (Fsp3) is 0.417. The van der Waals surface area contributed by atoms with Gasteiger partial charge in [0.15, 0.2) is 12.2 Å². The Labute approximate surface area is 128 Å². The number of nitrogens with one attached hydrogen (secondary N) is 1. The van der Waals surface area contributed by atoms with E-state index in [2.05, 4.69) is 0 Å². The molecular formula is C12H12Cl2F3NO3. The minimum absolute atomic E-state index is 0.164. The van der Waals surface area contributed by atoms with E-state index in [1.807, 2.05) is 5.32 Å². The average molecular weight is 346 g/mol. The summed E-state index contributed by atoms with van der Waals surface area (Å²) in [6, 6.07) is 4.32. The van der Waals surface area contributed by atoms with Crippen molar-refractivity contribution in [2.75, 3.05) is 6.54 Å². The molecule has 0 radical (unpaired) electrons. The molecule has 2 unspecified atom stereocenters. The number of aliphatic hydroxyl groups excluding tert-OH is 1. The van der Waals surface area contributed by atoms with Crippen molar-refractivity contribution in [2.24, 2.45) is 0 Å². The predicted molar refractivity (Wildman–Crippen MR) is 71.6 cm³/mol. The van der Waals surface area contributed by atoms with Gasteiger partial charge in [-0.1, -0.05) is 23.2 Å². The van der Waals surface area contributed by atoms with Crippen molar-refractivity contribution in [1.82, 2.24) is 5.32 Å². The number of rotatable bonds is 5. The van der Waals surface area contributed by atoms with Crippen LogP contribution < -0.4 is 10.1 Å². The fourth-order valence-corrected chi connectivity index (χ4v) is 1.72. The molecule has 21 heavy (non-hydrogen) atoms. The molecular weight excluding hydrogens is 334 g/mol. The Balaban J connectivity index is 2.55. The zero-order valence-corrected chi connectivity index (χ0v) is 12.3. The molecule has 0 bridgehead atoms. The molecule has 0 aliphatic rings. The summed E-state index contributed by atoms with van der Waals surface area (Å²) in [5.74, 6) is -0.649. The number of halogens is 5. The standard InChI is InChI=1S/C12H12Cl2F3NO3/c1-6(11(20)18-5-10(19)12(15,16)17)21-9-3-2-7(13)4-8(9)14/h2-4,6,10,19H,5H2,1H3,(H,18,20). The fourth-order valence-electron chi connectivity index (χ4n) is 1.27. The summed E-state index contributed by atoms with van der Waals surface area (Å²) in [5.41, 5.74) is 0. The topological polar surface area (TPSA) is 58.6 Å². The third-order valence-electron chi connectivity index (χ3n) is 2.41. The molecule has 118 valence electrons. The van der Waals surface area contributed by atoms with Gasteiger partial charge < -0.3 is 15.2 Å². The summed E-state index contributed by atoms with van der Waals surface area (Å²) in [6.07, 6.45) is -8.52. The van der Waals surface area contributed by atoms with Crippen LogP contribution in [0.1, 0.15) is 6.92 Å². The Bertz CT molecular complexity index is 511. The van der Waals surface area contributed by atoms with Crippen molar-refractivity contribution < 1.29 is 27.8 Å². The smallest absolute Gasteiger partial charge is 0.416 e. The summed E-state index contributed by atoms with van der Waals surface area (Å²) >= 11 is 11.5. The first-order valence-electron chi connectivity index (χ1n) is 5.75. The maximum atomic E-state index is 12.1. The number of carbonyl (C=O) groups is 1. The lowest BCUT2D eigenvalue weighted by molar-refractivity contribution is -0.202. The van der Waals surface area contributed by atoms with Crippen LogP contribution in [0.2, 0.25) is 10.0 Å². The van der Waals surface area contributed by atoms with Crippen LogP contribution in [0.15, 0.2) is 18.2 Å². The lowest BCUT2D eigenvalue weighted by atomic mass is 10.3. The van der Waals surface area contributed by atoms with Crippen LogP contribution in [-0.4, -0.2) is 35.9 Å². The number of amides is 1. The van der Waals surface area contributed by atoms with Gasteiger partial charge in [-0.15, -0.1) is 0 Å². The first kappa shape index (κ1) is 17.9. The quantitative estimate of drug-likeness (QED) is 0.862. The molecule has 0 aliphatic carbocycles. The van der Waals surface area contributed by atoms with E-state index in [0.29, 0.717) is 5.02 Å². The van der Waals surface area contributed by atoms with Gasteiger partial charge in [0, 0.05) is 5.02 Å². The number of ether oxygens (including phenoxy) is 1. The molecule has 1 aromatic carbocycles. The number of hydrogen-bond acceptors (Lipinski definition) is 3. The molecule has 2 atom stereocenters. The zero-order chi connectivity index (χ0) is 16.2. The van der Waals surface area contributed by atoms with Gasteiger partial charge in [0.2, 0.25) is 0 Å². The minimum atomic E-state index is -4.79. The normalized spacial score (nSPS) is 14.4. The van der Waals surface area contributed by atoms with E-state index in [4.69, 9.17) is 33.0 Å². The highest BCUT2D eigenvalue weighted by Gasteiger charge is 2.38. The Morgan fingerprint density at radius 2 is 2.05 bits per heavy atom. The molecule has 0 heterocycles. The molecule has 1 aromatic rings. The molecule has 0 spiro atoms. The van der Waals surface area contributed by atoms with Gasteiger partial charge in [-0.2, -0.15) is 13.2 Å². The third-order valence-corrected chi connectivity index (χ3v) is 2.94. The number of benzene rings is 1. The van der Waals surface area contributed by atoms with Gasteiger partial charge in [-0.05, 0) is 25.1 Å². The van der Waals surface area contributed by atoms with Gasteiger partial charge in [0.05, 0.1) is 11.6 Å². The summed E-state index contributed by atoms with van der Waals surface area (Å²) in [4.78, 5) is 11.6. The summed E-state index contributed by atoms with van der Waals surface area (Å²) in [6.45, 7) is 0.380. The second-order valence-electron chi connectivity index (χ2n) is 4.14. The highest BCUT2D eigenvalue weighted by Crippen LogP contribution is 2.28. The molecule has 4 nitrogen and oxygen atoms in total. The second kappa shape index (κ2) is 7.20. The van der Waals surface area contributed by atoms with Crippen LogP contribution in [0, 0.1) is 0 Å². The van der Waals surface area contributed by atoms with Crippen molar-refractivity contribution in [2.45, 2.75) is 25.3 Å². The van der Waals surface area contributed by atoms with Gasteiger partial charge in [-0.25, -0.2) is 0 Å². The number of hydrogen-bond donors (Lipinski definition) is 2. The van der Waals surface area contributed by atoms with Crippen molar-refractivity contribution in [3.05, 3.63) is 28.2 Å². The first-order valence-corrected chi connectivity index (χ1v) is 6.51. The van der Waals surface area contributed by atoms with Crippen LogP contribution in [0.4, 0.5) is 13.2 Å². The molecule has 1 amide bonds. The maximum Gasteiger partial charge on any atom is 0.416 e. The molecule has 1 rings (SSSR count). The molecule has 0 aliphatic heterocycles. The molecule has 9 heteroatoms. The van der Waals surface area contributed by atoms with Gasteiger partial charge in [0.1, 0.15) is 5.75 Å². The lowest BCUT2D eigenvalue weighted by Gasteiger charge is -2.18. The van der Waals surface area contributed by atoms with E-state index in [9.17, 15) is 18.0 Å². The van der Waals surface area contributed by atoms with Crippen LogP contribution in [0.3, 0.4) is 0 Å². The average Bonchev–Trinajstić information content (AvgIpc) is 2.37. The van der Waals surface area contributed by atoms with Crippen LogP contribution in [0.5, 0.6) is 5.75 Å². The second-order valence-corrected chi connectivity index (χ2v) is 4.98. The molecule has 0 aromatic heterocycles. The zero-order valence-electron chi connectivity index (χ0n) is 10.7. The largest absolute Gasteiger partial charge is 0.479 e. The van der Waals surface area contributed by atoms with E-state index >= 15 is 0 Å². The van der Waals surface area contributed by atoms with E-state index < -0.39 is 30.8 Å². The lowest BCUT2D eigenvalue weighted by Crippen LogP contribution is -2.44. The van der Waals surface area contributed by atoms with E-state index in [-0.39, 0.29) is 10.8 Å². The molecule has 0 fully saturated rings. The van der Waals surface area contributed by atoms with Crippen LogP contribution in [-0.2, 0) is 4.79 Å². The van der Waals surface area contributed by atoms with E-state index in [1.165, 1.54) is 25.1 Å². The third kappa shape index (κ3) is 5.61. The minimum Gasteiger partial charge on any atom is -0.479 e. The molecule has 2 N–H and O–H groups in total. The van der Waals surface area contributed by atoms with Crippen molar-refractivity contribution in [3.63, 3.8) is 0 Å². The van der Waals surface area contributed by atoms with E-state index in [0.717, 1.165) is 0 Å². The molecule has 0 saturated heterocycles. The predicted octanol–water partition coefficient (Wildman–Crippen LogP) is 2.80. The maximum absolute atomic E-state index is 12.1. The Morgan fingerprint density at radius 3 is 2.57 bits per heavy atom. The van der Waals surface area contributed by atoms with Gasteiger partial charge in [-0.3, -0.25) is 4.79 Å². The summed E-state index contributed by atoms with van der Waals surface area (Å²) < 4.78 is 41.4. The molecule has 0 saturated carbocycles. The summed E-state index contributed by atoms with van der Waals surface area (Å²) in [7, 11) is 0. The number of carbonyl (C=O) groups excluding carboxylic acids is 1. The Morgan fingerprint density at radius 1 is 1.43 bits per heavy atom. The van der Waals surface area contributed by atoms with E-state index in [1.54, 1.807) is 0 Å². The van der Waals surface area contributed by atoms with Gasteiger partial charge in [0.25, 0.3) is 5.91 Å². The summed E-state index contributed by atoms with van der Waals surface area (Å²) in [5, 5.41) is 11.2. The van der Waals surface area contributed by atoms with Crippen molar-refractivity contribution in [1.29, 1.82) is 0 Å². The SMILES string of the molecule is CC(Oc1ccc(Cl)cc1Cl)C(=O)NCC(O)C(F)(F)F. The number of aliphatic hydroxyl groups is 1. The Hall–Kier alpha value is -1.18. The highest BCUT2D eigenvalue weighted by molar-refractivity contribution is 6.35.